The molecule has 3 rings (SSSR count). The number of guanidine groups is 1. The van der Waals surface area contributed by atoms with Gasteiger partial charge < -0.3 is 19.7 Å². The van der Waals surface area contributed by atoms with Gasteiger partial charge in [0, 0.05) is 49.6 Å². The highest BCUT2D eigenvalue weighted by atomic mass is 127. The third-order valence-corrected chi connectivity index (χ3v) is 6.41. The van der Waals surface area contributed by atoms with Gasteiger partial charge in [-0.3, -0.25) is 9.89 Å². The zero-order valence-electron chi connectivity index (χ0n) is 18.1. The lowest BCUT2D eigenvalue weighted by Gasteiger charge is -2.33. The molecule has 0 bridgehead atoms. The molecule has 1 unspecified atom stereocenters. The summed E-state index contributed by atoms with van der Waals surface area (Å²) in [7, 11) is 2.10. The second kappa shape index (κ2) is 13.1. The van der Waals surface area contributed by atoms with Gasteiger partial charge >= 0.3 is 0 Å². The summed E-state index contributed by atoms with van der Waals surface area (Å²) >= 11 is 1.88. The van der Waals surface area contributed by atoms with E-state index in [-0.39, 0.29) is 24.0 Å². The molecule has 6 nitrogen and oxygen atoms in total. The maximum atomic E-state index is 5.80. The molecule has 8 heteroatoms. The van der Waals surface area contributed by atoms with Crippen molar-refractivity contribution in [3.05, 3.63) is 21.9 Å². The molecule has 29 heavy (non-hydrogen) atoms. The molecule has 1 aliphatic carbocycles. The number of aryl methyl sites for hydroxylation is 1. The maximum absolute atomic E-state index is 5.80. The number of likely N-dealkylation sites (N-methyl/N-ethyl adjacent to an activating group) is 1. The van der Waals surface area contributed by atoms with Crippen molar-refractivity contribution in [3.63, 3.8) is 0 Å². The minimum Gasteiger partial charge on any atom is -0.379 e. The number of ether oxygens (including phenoxy) is 2. The maximum Gasteiger partial charge on any atom is 0.193 e. The first kappa shape index (κ1) is 24.8. The minimum absolute atomic E-state index is 0. The molecule has 166 valence electrons. The number of nitrogens with one attached hydrogen (secondary N) is 1. The Morgan fingerprint density at radius 3 is 2.76 bits per heavy atom. The molecule has 1 aliphatic heterocycles. The average Bonchev–Trinajstić information content (AvgIpc) is 3.44. The van der Waals surface area contributed by atoms with Gasteiger partial charge in [0.1, 0.15) is 0 Å². The smallest absolute Gasteiger partial charge is 0.193 e. The van der Waals surface area contributed by atoms with E-state index in [4.69, 9.17) is 14.5 Å². The summed E-state index contributed by atoms with van der Waals surface area (Å²) in [5.74, 6) is 1.78. The zero-order chi connectivity index (χ0) is 19.8. The second-order valence-electron chi connectivity index (χ2n) is 7.75. The molecule has 2 aliphatic rings. The Balaban J connectivity index is 0.00000300. The van der Waals surface area contributed by atoms with Crippen molar-refractivity contribution in [2.24, 2.45) is 10.9 Å². The summed E-state index contributed by atoms with van der Waals surface area (Å²) in [6, 6.07) is 4.79. The number of hydrogen-bond acceptors (Lipinski definition) is 5. The highest BCUT2D eigenvalue weighted by Crippen LogP contribution is 2.29. The van der Waals surface area contributed by atoms with Crippen LogP contribution in [0, 0.1) is 12.8 Å². The van der Waals surface area contributed by atoms with Crippen LogP contribution in [0.5, 0.6) is 0 Å². The molecular weight excluding hydrogens is 499 g/mol. The van der Waals surface area contributed by atoms with E-state index < -0.39 is 0 Å². The van der Waals surface area contributed by atoms with E-state index in [0.29, 0.717) is 6.04 Å². The lowest BCUT2D eigenvalue weighted by molar-refractivity contribution is 0.0186. The second-order valence-corrected chi connectivity index (χ2v) is 9.07. The largest absolute Gasteiger partial charge is 0.379 e. The molecule has 1 saturated carbocycles. The van der Waals surface area contributed by atoms with Gasteiger partial charge in [-0.1, -0.05) is 0 Å². The predicted molar refractivity (Wildman–Crippen MR) is 132 cm³/mol. The summed E-state index contributed by atoms with van der Waals surface area (Å²) in [6.45, 7) is 12.0. The molecule has 0 spiro atoms. The number of halogens is 1. The molecule has 0 amide bonds. The Morgan fingerprint density at radius 2 is 2.14 bits per heavy atom. The molecule has 1 saturated heterocycles. The van der Waals surface area contributed by atoms with Gasteiger partial charge in [0.25, 0.3) is 0 Å². The monoisotopic (exact) mass is 536 g/mol. The number of morpholine rings is 1. The summed E-state index contributed by atoms with van der Waals surface area (Å²) in [6.07, 6.45) is 2.68. The molecule has 2 fully saturated rings. The standard InChI is InChI=1S/C21H36N4O2S.HI/c1-4-22-21(24(3)9-12-27-16-18-6-7-18)23-15-19(20-8-5-17(2)28-20)25-10-13-26-14-11-25;/h5,8,18-19H,4,6-7,9-16H2,1-3H3,(H,22,23);1H. The number of nitrogens with zero attached hydrogens (tertiary/aromatic N) is 3. The molecule has 1 aromatic rings. The van der Waals surface area contributed by atoms with Crippen molar-refractivity contribution >= 4 is 41.3 Å². The normalized spacial score (nSPS) is 18.9. The van der Waals surface area contributed by atoms with Crippen molar-refractivity contribution in [2.45, 2.75) is 32.7 Å². The molecule has 1 atom stereocenters. The first-order valence-corrected chi connectivity index (χ1v) is 11.4. The van der Waals surface area contributed by atoms with E-state index in [9.17, 15) is 0 Å². The number of thiophene rings is 1. The Bertz CT molecular complexity index is 618. The molecule has 1 aromatic heterocycles. The summed E-state index contributed by atoms with van der Waals surface area (Å²) in [4.78, 5) is 12.5. The summed E-state index contributed by atoms with van der Waals surface area (Å²) < 4.78 is 11.4. The highest BCUT2D eigenvalue weighted by molar-refractivity contribution is 14.0. The Labute approximate surface area is 197 Å². The Hall–Kier alpha value is -0.420. The Morgan fingerprint density at radius 1 is 1.38 bits per heavy atom. The summed E-state index contributed by atoms with van der Waals surface area (Å²) in [5.41, 5.74) is 0. The SMILES string of the molecule is CCNC(=NCC(c1ccc(C)s1)N1CCOCC1)N(C)CCOCC1CC1.I. The lowest BCUT2D eigenvalue weighted by Crippen LogP contribution is -2.43. The van der Waals surface area contributed by atoms with Crippen molar-refractivity contribution < 1.29 is 9.47 Å². The van der Waals surface area contributed by atoms with Crippen molar-refractivity contribution in [1.82, 2.24) is 15.1 Å². The fourth-order valence-electron chi connectivity index (χ4n) is 3.39. The molecule has 0 radical (unpaired) electrons. The average molecular weight is 537 g/mol. The van der Waals surface area contributed by atoms with Crippen LogP contribution in [-0.2, 0) is 9.47 Å². The Kier molecular flexibility index (Phi) is 11.2. The molecule has 1 N–H and O–H groups in total. The number of hydrogen-bond donors (Lipinski definition) is 1. The van der Waals surface area contributed by atoms with E-state index >= 15 is 0 Å². The van der Waals surface area contributed by atoms with Gasteiger partial charge in [-0.05, 0) is 44.7 Å². The van der Waals surface area contributed by atoms with Crippen LogP contribution in [0.25, 0.3) is 0 Å². The van der Waals surface area contributed by atoms with Crippen LogP contribution < -0.4 is 5.32 Å². The van der Waals surface area contributed by atoms with E-state index in [1.54, 1.807) is 0 Å². The third-order valence-electron chi connectivity index (χ3n) is 5.31. The van der Waals surface area contributed by atoms with E-state index in [1.165, 1.54) is 22.6 Å². The van der Waals surface area contributed by atoms with E-state index in [0.717, 1.165) is 71.0 Å². The van der Waals surface area contributed by atoms with Crippen LogP contribution in [0.3, 0.4) is 0 Å². The minimum atomic E-state index is 0. The van der Waals surface area contributed by atoms with Crippen LogP contribution in [0.15, 0.2) is 17.1 Å². The van der Waals surface area contributed by atoms with Crippen LogP contribution in [-0.4, -0.2) is 82.0 Å². The number of aliphatic imine (C=N–C) groups is 1. The predicted octanol–water partition coefficient (Wildman–Crippen LogP) is 3.37. The summed E-state index contributed by atoms with van der Waals surface area (Å²) in [5, 5.41) is 3.44. The first-order valence-electron chi connectivity index (χ1n) is 10.6. The van der Waals surface area contributed by atoms with Crippen LogP contribution in [0.1, 0.15) is 35.6 Å². The quantitative estimate of drug-likeness (QED) is 0.215. The molecule has 0 aromatic carbocycles. The van der Waals surface area contributed by atoms with Gasteiger partial charge in [-0.15, -0.1) is 35.3 Å². The lowest BCUT2D eigenvalue weighted by atomic mass is 10.2. The van der Waals surface area contributed by atoms with Gasteiger partial charge in [0.05, 0.1) is 32.4 Å². The fourth-order valence-corrected chi connectivity index (χ4v) is 4.40. The fraction of sp³-hybridized carbons (Fsp3) is 0.762. The topological polar surface area (TPSA) is 49.3 Å². The van der Waals surface area contributed by atoms with Crippen molar-refractivity contribution in [1.29, 1.82) is 0 Å². The van der Waals surface area contributed by atoms with Crippen LogP contribution in [0.2, 0.25) is 0 Å². The van der Waals surface area contributed by atoms with Gasteiger partial charge in [0.15, 0.2) is 5.96 Å². The number of rotatable bonds is 10. The first-order chi connectivity index (χ1) is 13.7. The molecule has 2 heterocycles. The van der Waals surface area contributed by atoms with Crippen LogP contribution >= 0.6 is 35.3 Å². The van der Waals surface area contributed by atoms with Gasteiger partial charge in [-0.25, -0.2) is 0 Å². The van der Waals surface area contributed by atoms with Gasteiger partial charge in [0.2, 0.25) is 0 Å². The zero-order valence-corrected chi connectivity index (χ0v) is 21.2. The van der Waals surface area contributed by atoms with E-state index in [1.807, 2.05) is 11.3 Å². The third kappa shape index (κ3) is 8.32. The van der Waals surface area contributed by atoms with E-state index in [2.05, 4.69) is 48.1 Å². The van der Waals surface area contributed by atoms with Crippen molar-refractivity contribution in [3.8, 4) is 0 Å². The highest BCUT2D eigenvalue weighted by Gasteiger charge is 2.24. The molecular formula is C21H37IN4O2S. The van der Waals surface area contributed by atoms with Gasteiger partial charge in [-0.2, -0.15) is 0 Å². The van der Waals surface area contributed by atoms with Crippen molar-refractivity contribution in [2.75, 3.05) is 66.2 Å². The van der Waals surface area contributed by atoms with Crippen LogP contribution in [0.4, 0.5) is 0 Å².